The van der Waals surface area contributed by atoms with Crippen molar-refractivity contribution >= 4 is 11.7 Å². The summed E-state index contributed by atoms with van der Waals surface area (Å²) < 4.78 is 2.08. The summed E-state index contributed by atoms with van der Waals surface area (Å²) >= 11 is 0. The van der Waals surface area contributed by atoms with Crippen LogP contribution in [0.3, 0.4) is 0 Å². The Morgan fingerprint density at radius 2 is 1.93 bits per heavy atom. The lowest BCUT2D eigenvalue weighted by Gasteiger charge is -2.40. The highest BCUT2D eigenvalue weighted by Gasteiger charge is 2.61. The van der Waals surface area contributed by atoms with Gasteiger partial charge in [-0.25, -0.2) is 4.79 Å². The lowest BCUT2D eigenvalue weighted by molar-refractivity contribution is 0.115. The van der Waals surface area contributed by atoms with Gasteiger partial charge in [0.1, 0.15) is 5.82 Å². The Morgan fingerprint density at radius 3 is 2.61 bits per heavy atom. The van der Waals surface area contributed by atoms with Gasteiger partial charge in [0, 0.05) is 31.2 Å². The number of rotatable bonds is 2. The minimum absolute atomic E-state index is 0.124. The molecule has 6 nitrogen and oxygen atoms in total. The van der Waals surface area contributed by atoms with E-state index in [0.717, 1.165) is 49.7 Å². The molecule has 1 aliphatic heterocycles. The first-order valence-electron chi connectivity index (χ1n) is 10.8. The van der Waals surface area contributed by atoms with Crippen LogP contribution in [0.1, 0.15) is 64.6 Å². The standard InChI is InChI=1S/C22H31N5O/c1-21(2)16-7-10-22(21,3)17(14-16)23-20(28)26-12-8-15(9-13-26)19-25-24-18-6-4-5-11-27(18)19/h4-6,11,15-17H,7-10,12-14H2,1-3H3,(H,23,28). The van der Waals surface area contributed by atoms with Crippen LogP contribution < -0.4 is 5.32 Å². The predicted octanol–water partition coefficient (Wildman–Crippen LogP) is 3.83. The van der Waals surface area contributed by atoms with E-state index >= 15 is 0 Å². The van der Waals surface area contributed by atoms with E-state index in [0.29, 0.717) is 17.4 Å². The van der Waals surface area contributed by atoms with Crippen molar-refractivity contribution in [3.63, 3.8) is 0 Å². The molecule has 2 bridgehead atoms. The molecule has 3 atom stereocenters. The Bertz CT molecular complexity index is 897. The third-order valence-corrected chi connectivity index (χ3v) is 8.58. The number of hydrogen-bond acceptors (Lipinski definition) is 3. The molecule has 2 saturated carbocycles. The summed E-state index contributed by atoms with van der Waals surface area (Å²) in [6, 6.07) is 6.42. The van der Waals surface area contributed by atoms with Gasteiger partial charge in [0.2, 0.25) is 0 Å². The Hall–Kier alpha value is -2.11. The van der Waals surface area contributed by atoms with Crippen LogP contribution in [-0.4, -0.2) is 44.7 Å². The number of fused-ring (bicyclic) bond motifs is 3. The molecule has 2 amide bonds. The number of nitrogens with zero attached hydrogens (tertiary/aromatic N) is 4. The molecular weight excluding hydrogens is 350 g/mol. The van der Waals surface area contributed by atoms with Crippen molar-refractivity contribution in [3.8, 4) is 0 Å². The van der Waals surface area contributed by atoms with Gasteiger partial charge in [0.15, 0.2) is 5.65 Å². The van der Waals surface area contributed by atoms with Crippen molar-refractivity contribution in [1.29, 1.82) is 0 Å². The monoisotopic (exact) mass is 381 g/mol. The molecule has 150 valence electrons. The molecular formula is C22H31N5O. The minimum atomic E-state index is 0.124. The van der Waals surface area contributed by atoms with E-state index in [4.69, 9.17) is 0 Å². The molecule has 0 radical (unpaired) electrons. The maximum atomic E-state index is 13.0. The number of hydrogen-bond donors (Lipinski definition) is 1. The SMILES string of the molecule is CC1(C)C2CCC1(C)C(NC(=O)N1CCC(c3nnc4ccccn34)CC1)C2. The van der Waals surface area contributed by atoms with Crippen LogP contribution in [-0.2, 0) is 0 Å². The van der Waals surface area contributed by atoms with E-state index in [1.54, 1.807) is 0 Å². The minimum Gasteiger partial charge on any atom is -0.335 e. The molecule has 2 aliphatic carbocycles. The maximum Gasteiger partial charge on any atom is 0.317 e. The zero-order valence-corrected chi connectivity index (χ0v) is 17.2. The Balaban J connectivity index is 1.22. The molecule has 6 heteroatoms. The van der Waals surface area contributed by atoms with Crippen molar-refractivity contribution in [2.45, 2.75) is 64.8 Å². The molecule has 3 unspecified atom stereocenters. The molecule has 5 rings (SSSR count). The number of aromatic nitrogens is 3. The third kappa shape index (κ3) is 2.49. The topological polar surface area (TPSA) is 62.5 Å². The molecule has 2 aromatic heterocycles. The maximum absolute atomic E-state index is 13.0. The summed E-state index contributed by atoms with van der Waals surface area (Å²) in [7, 11) is 0. The molecule has 1 N–H and O–H groups in total. The second-order valence-corrected chi connectivity index (χ2v) is 9.86. The Labute approximate surface area is 166 Å². The van der Waals surface area contributed by atoms with Gasteiger partial charge in [-0.3, -0.25) is 4.40 Å². The zero-order chi connectivity index (χ0) is 19.5. The van der Waals surface area contributed by atoms with Crippen LogP contribution in [0.2, 0.25) is 0 Å². The largest absolute Gasteiger partial charge is 0.335 e. The van der Waals surface area contributed by atoms with Gasteiger partial charge in [-0.2, -0.15) is 0 Å². The van der Waals surface area contributed by atoms with Crippen molar-refractivity contribution < 1.29 is 4.79 Å². The lowest BCUT2D eigenvalue weighted by atomic mass is 9.69. The smallest absolute Gasteiger partial charge is 0.317 e. The van der Waals surface area contributed by atoms with Gasteiger partial charge in [0.05, 0.1) is 0 Å². The summed E-state index contributed by atoms with van der Waals surface area (Å²) in [6.45, 7) is 8.74. The van der Waals surface area contributed by atoms with Crippen molar-refractivity contribution in [2.75, 3.05) is 13.1 Å². The van der Waals surface area contributed by atoms with Crippen LogP contribution >= 0.6 is 0 Å². The summed E-state index contributed by atoms with van der Waals surface area (Å²) in [5, 5.41) is 12.1. The molecule has 2 aromatic rings. The van der Waals surface area contributed by atoms with Crippen molar-refractivity contribution in [2.24, 2.45) is 16.7 Å². The summed E-state index contributed by atoms with van der Waals surface area (Å²) in [4.78, 5) is 15.0. The molecule has 0 aromatic carbocycles. The summed E-state index contributed by atoms with van der Waals surface area (Å²) in [5.74, 6) is 2.13. The van der Waals surface area contributed by atoms with E-state index in [2.05, 4.69) is 40.7 Å². The van der Waals surface area contributed by atoms with E-state index in [-0.39, 0.29) is 11.4 Å². The van der Waals surface area contributed by atoms with Crippen molar-refractivity contribution in [3.05, 3.63) is 30.2 Å². The summed E-state index contributed by atoms with van der Waals surface area (Å²) in [5.41, 5.74) is 1.45. The van der Waals surface area contributed by atoms with Crippen LogP contribution in [0, 0.1) is 16.7 Å². The number of piperidine rings is 1. The van der Waals surface area contributed by atoms with Crippen LogP contribution in [0.25, 0.3) is 5.65 Å². The average Bonchev–Trinajstić information content (AvgIpc) is 3.28. The van der Waals surface area contributed by atoms with Gasteiger partial charge in [-0.1, -0.05) is 26.8 Å². The van der Waals surface area contributed by atoms with Crippen LogP contribution in [0.15, 0.2) is 24.4 Å². The van der Waals surface area contributed by atoms with Gasteiger partial charge < -0.3 is 10.2 Å². The first kappa shape index (κ1) is 18.0. The van der Waals surface area contributed by atoms with E-state index < -0.39 is 0 Å². The fourth-order valence-corrected chi connectivity index (χ4v) is 6.14. The van der Waals surface area contributed by atoms with Crippen molar-refractivity contribution in [1.82, 2.24) is 24.8 Å². The molecule has 3 heterocycles. The lowest BCUT2D eigenvalue weighted by Crippen LogP contribution is -2.52. The number of likely N-dealkylation sites (tertiary alicyclic amines) is 1. The summed E-state index contributed by atoms with van der Waals surface area (Å²) in [6.07, 6.45) is 7.60. The quantitative estimate of drug-likeness (QED) is 0.860. The normalized spacial score (nSPS) is 32.2. The fourth-order valence-electron chi connectivity index (χ4n) is 6.14. The average molecular weight is 382 g/mol. The van der Waals surface area contributed by atoms with Crippen LogP contribution in [0.4, 0.5) is 4.79 Å². The molecule has 28 heavy (non-hydrogen) atoms. The Kier molecular flexibility index (Phi) is 3.97. The number of carbonyl (C=O) groups excluding carboxylic acids is 1. The number of urea groups is 1. The van der Waals surface area contributed by atoms with Crippen LogP contribution in [0.5, 0.6) is 0 Å². The number of nitrogens with one attached hydrogen (secondary N) is 1. The highest BCUT2D eigenvalue weighted by molar-refractivity contribution is 5.75. The number of carbonyl (C=O) groups is 1. The fraction of sp³-hybridized carbons (Fsp3) is 0.682. The third-order valence-electron chi connectivity index (χ3n) is 8.58. The van der Waals surface area contributed by atoms with Gasteiger partial charge in [-0.15, -0.1) is 10.2 Å². The molecule has 0 spiro atoms. The number of amides is 2. The van der Waals surface area contributed by atoms with Gasteiger partial charge in [-0.05, 0) is 61.0 Å². The highest BCUT2D eigenvalue weighted by atomic mass is 16.2. The van der Waals surface area contributed by atoms with E-state index in [1.165, 1.54) is 12.8 Å². The molecule has 3 aliphatic rings. The number of pyridine rings is 1. The molecule has 3 fully saturated rings. The predicted molar refractivity (Wildman–Crippen MR) is 108 cm³/mol. The van der Waals surface area contributed by atoms with E-state index in [9.17, 15) is 4.79 Å². The second-order valence-electron chi connectivity index (χ2n) is 9.86. The Morgan fingerprint density at radius 1 is 1.14 bits per heavy atom. The zero-order valence-electron chi connectivity index (χ0n) is 17.2. The highest BCUT2D eigenvalue weighted by Crippen LogP contribution is 2.65. The molecule has 1 saturated heterocycles. The van der Waals surface area contributed by atoms with Gasteiger partial charge in [0.25, 0.3) is 0 Å². The van der Waals surface area contributed by atoms with E-state index in [1.807, 2.05) is 29.3 Å². The second kappa shape index (κ2) is 6.19. The van der Waals surface area contributed by atoms with Gasteiger partial charge >= 0.3 is 6.03 Å². The first-order chi connectivity index (χ1) is 13.4. The first-order valence-corrected chi connectivity index (χ1v) is 10.8.